The molecule has 8 aromatic carbocycles. The summed E-state index contributed by atoms with van der Waals surface area (Å²) in [4.78, 5) is 52.5. The van der Waals surface area contributed by atoms with Crippen molar-refractivity contribution < 1.29 is 65.9 Å². The largest absolute Gasteiger partial charge is 0.416 e. The van der Waals surface area contributed by atoms with Crippen LogP contribution in [0.1, 0.15) is 157 Å². The van der Waals surface area contributed by atoms with Crippen LogP contribution in [0.15, 0.2) is 237 Å². The maximum absolute atomic E-state index is 14.2. The minimum absolute atomic E-state index is 0.0400. The van der Waals surface area contributed by atoms with Crippen molar-refractivity contribution in [3.05, 3.63) is 345 Å². The fourth-order valence-electron chi connectivity index (χ4n) is 15.2. The zero-order valence-corrected chi connectivity index (χ0v) is 84.2. The zero-order valence-electron chi connectivity index (χ0n) is 84.2. The van der Waals surface area contributed by atoms with Crippen LogP contribution in [0.2, 0.25) is 0 Å². The number of rotatable bonds is 12. The van der Waals surface area contributed by atoms with Crippen LogP contribution in [-0.2, 0) is 40.2 Å². The molecule has 0 unspecified atom stereocenters. The first kappa shape index (κ1) is 107. The molecule has 0 spiro atoms. The number of hydrogen-bond acceptors (Lipinski definition) is 18. The molecule has 0 atom stereocenters. The first-order valence-electron chi connectivity index (χ1n) is 46.7. The number of aromatic nitrogens is 24. The second-order valence-electron chi connectivity index (χ2n) is 39.3. The van der Waals surface area contributed by atoms with Crippen LogP contribution in [-0.4, -0.2) is 121 Å². The van der Waals surface area contributed by atoms with Crippen molar-refractivity contribution in [2.75, 3.05) is 0 Å². The number of nitrogens with zero attached hydrogens (tertiary/aromatic N) is 18. The lowest BCUT2D eigenvalue weighted by Gasteiger charge is -2.20. The summed E-state index contributed by atoms with van der Waals surface area (Å²) in [6.45, 7) is 35.9. The second kappa shape index (κ2) is 43.2. The Morgan fingerprint density at radius 3 is 0.787 bits per heavy atom. The van der Waals surface area contributed by atoms with E-state index in [-0.39, 0.29) is 84.2 Å². The van der Waals surface area contributed by atoms with Crippen LogP contribution in [0, 0.1) is 76.4 Å². The molecule has 768 valence electrons. The molecular formula is C111H99F15N24. The van der Waals surface area contributed by atoms with Crippen molar-refractivity contribution in [2.45, 2.75) is 165 Å². The second-order valence-corrected chi connectivity index (χ2v) is 39.3. The minimum Gasteiger partial charge on any atom is -0.282 e. The Labute approximate surface area is 850 Å². The van der Waals surface area contributed by atoms with E-state index in [9.17, 15) is 65.9 Å². The van der Waals surface area contributed by atoms with Crippen molar-refractivity contribution in [1.82, 2.24) is 121 Å². The molecule has 0 saturated carbocycles. The van der Waals surface area contributed by atoms with Gasteiger partial charge in [0, 0.05) is 68.2 Å². The van der Waals surface area contributed by atoms with Crippen molar-refractivity contribution in [3.63, 3.8) is 0 Å². The Bertz CT molecular complexity index is 7930. The molecule has 150 heavy (non-hydrogen) atoms. The Balaban J connectivity index is 0.000000135. The van der Waals surface area contributed by atoms with Crippen LogP contribution in [0.5, 0.6) is 0 Å². The van der Waals surface area contributed by atoms with Crippen molar-refractivity contribution in [1.29, 1.82) is 0 Å². The standard InChI is InChI=1S/C22H22N4.C19H19F3N4.C18H12F2N4.2C18H18F2N4.C16H10F6N4/c1-14-13-19(26-25-14)20-17-7-5-6-8-18(17)23-21(24-20)15-9-11-16(12-10-15)22(2,3)4;1-11-23-17(26-25-11)16-10-14(19(20,21)22)9-15(24-16)12-5-7-13(8-6-12)18(2,3)4;1-10-8-16(24-23-10)17-13-4-2-3-5-15(13)21-18(22-17)12-7-6-11(19)9-14(12)20;2*1-10-21-17(24-23-10)16-8-11(18(2,3)4)7-15(22-16)13-6-5-12(19)9-14(13)20;1-8-23-14(26-25-8)13-7-11(16(20,21)22)6-12(24-13)9-2-4-10(5-3-9)15(17,18)19/h5-13H,1-4H3,(H,25,26);5-10H,1-4H3,(H,23,25,26);2-9H,1H3,(H,23,24);2*5-9H,1-4H3,(H,21,23,24);2-7H,1H3,(H,23,25,26). The van der Waals surface area contributed by atoms with Gasteiger partial charge in [-0.3, -0.25) is 30.6 Å². The number of para-hydroxylation sites is 2. The van der Waals surface area contributed by atoms with Gasteiger partial charge in [0.2, 0.25) is 0 Å². The summed E-state index contributed by atoms with van der Waals surface area (Å²) in [5.41, 5.74) is 12.2. The fraction of sp³-hybridized carbons (Fsp3) is 0.225. The van der Waals surface area contributed by atoms with Gasteiger partial charge in [0.25, 0.3) is 0 Å². The predicted octanol–water partition coefficient (Wildman–Crippen LogP) is 28.4. The Kier molecular flexibility index (Phi) is 30.9. The topological polar surface area (TPSA) is 327 Å². The SMILES string of the molecule is Cc1cc(-c2nc(-c3ccc(C(C)(C)C)cc3)nc3ccccc23)n[nH]1.Cc1cc(-c2nc(-c3ccc(F)cc3F)nc3ccccc23)n[nH]1.Cc1nc(-c2cc(C(C)(C)C)cc(-c3ccc(F)cc3F)n2)n[nH]1.Cc1nc(-c2cc(C(C)(C)C)cc(-c3ccc(F)cc3F)n2)n[nH]1.Cc1nc(-c2cc(C(F)(F)F)cc(-c3ccc(C(C)(C)C)cc3)n2)n[nH]1.Cc1nc(-c2cc(C(F)(F)F)cc(-c3ccc(C(F)(F)F)cc3)n2)n[nH]1. The predicted molar refractivity (Wildman–Crippen MR) is 543 cm³/mol. The van der Waals surface area contributed by atoms with Crippen LogP contribution in [0.4, 0.5) is 65.9 Å². The summed E-state index contributed by atoms with van der Waals surface area (Å²) < 4.78 is 200. The summed E-state index contributed by atoms with van der Waals surface area (Å²) in [6, 6.07) is 60.3. The molecule has 0 saturated heterocycles. The molecule has 20 rings (SSSR count). The third kappa shape index (κ3) is 26.3. The lowest BCUT2D eigenvalue weighted by molar-refractivity contribution is -0.138. The number of aromatic amines is 6. The van der Waals surface area contributed by atoms with Gasteiger partial charge in [-0.1, -0.05) is 180 Å². The van der Waals surface area contributed by atoms with Crippen LogP contribution >= 0.6 is 0 Å². The van der Waals surface area contributed by atoms with Crippen molar-refractivity contribution in [3.8, 4) is 137 Å². The summed E-state index contributed by atoms with van der Waals surface area (Å²) in [5.74, 6) is 0.275. The van der Waals surface area contributed by atoms with Crippen LogP contribution in [0.25, 0.3) is 158 Å². The van der Waals surface area contributed by atoms with Gasteiger partial charge >= 0.3 is 18.5 Å². The lowest BCUT2D eigenvalue weighted by Crippen LogP contribution is -2.12. The van der Waals surface area contributed by atoms with Gasteiger partial charge in [-0.2, -0.15) is 70.1 Å². The van der Waals surface area contributed by atoms with Gasteiger partial charge < -0.3 is 0 Å². The molecule has 0 bridgehead atoms. The maximum Gasteiger partial charge on any atom is 0.416 e. The Morgan fingerprint density at radius 2 is 0.487 bits per heavy atom. The van der Waals surface area contributed by atoms with Gasteiger partial charge in [-0.15, -0.1) is 0 Å². The minimum atomic E-state index is -4.66. The van der Waals surface area contributed by atoms with E-state index < -0.39 is 70.1 Å². The highest BCUT2D eigenvalue weighted by Gasteiger charge is 2.36. The smallest absolute Gasteiger partial charge is 0.282 e. The molecule has 12 heterocycles. The molecule has 20 aromatic rings. The Hall–Kier alpha value is -17.0. The van der Waals surface area contributed by atoms with Gasteiger partial charge in [0.05, 0.1) is 56.1 Å². The van der Waals surface area contributed by atoms with E-state index >= 15 is 0 Å². The number of alkyl halides is 9. The number of fused-ring (bicyclic) bond motifs is 2. The number of benzene rings is 8. The van der Waals surface area contributed by atoms with Crippen molar-refractivity contribution in [2.24, 2.45) is 0 Å². The van der Waals surface area contributed by atoms with Gasteiger partial charge in [0.15, 0.2) is 34.9 Å². The van der Waals surface area contributed by atoms with E-state index in [4.69, 9.17) is 9.97 Å². The van der Waals surface area contributed by atoms with Gasteiger partial charge in [-0.25, -0.2) is 86.2 Å². The third-order valence-electron chi connectivity index (χ3n) is 23.2. The number of halogens is 15. The molecule has 24 nitrogen and oxygen atoms in total. The summed E-state index contributed by atoms with van der Waals surface area (Å²) in [7, 11) is 0. The number of nitrogens with one attached hydrogen (secondary N) is 6. The molecule has 6 N–H and O–H groups in total. The van der Waals surface area contributed by atoms with E-state index in [0.29, 0.717) is 80.2 Å². The zero-order chi connectivity index (χ0) is 108. The average Bonchev–Trinajstić information content (AvgIpc) is 1.12. The van der Waals surface area contributed by atoms with Gasteiger partial charge in [0.1, 0.15) is 104 Å². The highest BCUT2D eigenvalue weighted by molar-refractivity contribution is 5.94. The third-order valence-corrected chi connectivity index (χ3v) is 23.2. The van der Waals surface area contributed by atoms with E-state index in [1.807, 2.05) is 111 Å². The van der Waals surface area contributed by atoms with E-state index in [0.717, 1.165) is 134 Å². The average molecular weight is 2050 g/mol. The van der Waals surface area contributed by atoms with Crippen LogP contribution in [0.3, 0.4) is 0 Å². The molecule has 0 amide bonds. The maximum atomic E-state index is 14.2. The molecule has 0 fully saturated rings. The molecular weight excluding hydrogens is 1950 g/mol. The van der Waals surface area contributed by atoms with Gasteiger partial charge in [-0.05, 0) is 207 Å². The molecule has 0 radical (unpaired) electrons. The lowest BCUT2D eigenvalue weighted by atomic mass is 9.86. The number of H-pyrrole nitrogens is 6. The molecule has 39 heteroatoms. The highest BCUT2D eigenvalue weighted by Crippen LogP contribution is 2.42. The summed E-state index contributed by atoms with van der Waals surface area (Å²) in [6.07, 6.45) is -13.7. The number of pyridine rings is 4. The first-order valence-corrected chi connectivity index (χ1v) is 46.7. The van der Waals surface area contributed by atoms with E-state index in [1.54, 1.807) is 39.8 Å². The molecule has 0 aliphatic rings. The van der Waals surface area contributed by atoms with Crippen LogP contribution < -0.4 is 0 Å². The summed E-state index contributed by atoms with van der Waals surface area (Å²) >= 11 is 0. The molecule has 12 aromatic heterocycles. The quantitative estimate of drug-likeness (QED) is 0.0619. The molecule has 0 aliphatic heterocycles. The first-order chi connectivity index (χ1) is 70.6. The highest BCUT2D eigenvalue weighted by atomic mass is 19.4. The normalized spacial score (nSPS) is 11.9. The van der Waals surface area contributed by atoms with E-state index in [2.05, 4.69) is 218 Å². The fourth-order valence-corrected chi connectivity index (χ4v) is 15.2. The summed E-state index contributed by atoms with van der Waals surface area (Å²) in [5, 5.41) is 43.0. The van der Waals surface area contributed by atoms with Crippen molar-refractivity contribution >= 4 is 21.8 Å². The van der Waals surface area contributed by atoms with E-state index in [1.165, 1.54) is 42.0 Å². The number of aryl methyl sites for hydroxylation is 6. The Morgan fingerprint density at radius 1 is 0.207 bits per heavy atom. The molecule has 0 aliphatic carbocycles. The monoisotopic (exact) mass is 2050 g/mol. The number of hydrogen-bond donors (Lipinski definition) is 6.